The third-order valence-corrected chi connectivity index (χ3v) is 4.79. The van der Waals surface area contributed by atoms with Crippen molar-refractivity contribution >= 4 is 10.0 Å². The van der Waals surface area contributed by atoms with Crippen LogP contribution < -0.4 is 0 Å². The summed E-state index contributed by atoms with van der Waals surface area (Å²) in [6, 6.07) is 5.78. The van der Waals surface area contributed by atoms with E-state index in [0.29, 0.717) is 13.1 Å². The predicted molar refractivity (Wildman–Crippen MR) is 75.7 cm³/mol. The summed E-state index contributed by atoms with van der Waals surface area (Å²) in [5, 5.41) is 9.39. The molecule has 5 nitrogen and oxygen atoms in total. The number of nitrogens with zero attached hydrogens (tertiary/aromatic N) is 2. The summed E-state index contributed by atoms with van der Waals surface area (Å²) in [5.74, 6) is -0.0366. The molecule has 0 spiro atoms. The zero-order valence-corrected chi connectivity index (χ0v) is 12.5. The molecule has 0 heterocycles. The van der Waals surface area contributed by atoms with Gasteiger partial charge in [-0.1, -0.05) is 13.0 Å². The number of phenolic OH excluding ortho intramolecular Hbond substituents is 1. The smallest absolute Gasteiger partial charge is 0.243 e. The van der Waals surface area contributed by atoms with Crippen molar-refractivity contribution in [2.45, 2.75) is 18.2 Å². The molecule has 0 atom stereocenters. The van der Waals surface area contributed by atoms with Crippen LogP contribution in [0.4, 0.5) is 0 Å². The Labute approximate surface area is 115 Å². The van der Waals surface area contributed by atoms with Crippen LogP contribution in [0, 0.1) is 0 Å². The van der Waals surface area contributed by atoms with Crippen LogP contribution in [0.25, 0.3) is 0 Å². The normalized spacial score (nSPS) is 12.3. The van der Waals surface area contributed by atoms with Gasteiger partial charge in [0.25, 0.3) is 0 Å². The van der Waals surface area contributed by atoms with Crippen molar-refractivity contribution in [2.75, 3.05) is 33.7 Å². The molecule has 0 aromatic heterocycles. The Balaban J connectivity index is 2.84. The fourth-order valence-corrected chi connectivity index (χ4v) is 3.33. The second-order valence-electron chi connectivity index (χ2n) is 4.65. The lowest BCUT2D eigenvalue weighted by molar-refractivity contribution is 0.356. The van der Waals surface area contributed by atoms with Crippen LogP contribution in [0.2, 0.25) is 0 Å². The van der Waals surface area contributed by atoms with Crippen molar-refractivity contribution in [2.24, 2.45) is 0 Å². The maximum atomic E-state index is 12.4. The Morgan fingerprint density at radius 3 is 2.42 bits per heavy atom. The minimum absolute atomic E-state index is 0.0366. The van der Waals surface area contributed by atoms with E-state index >= 15 is 0 Å². The Morgan fingerprint density at radius 1 is 1.21 bits per heavy atom. The maximum Gasteiger partial charge on any atom is 0.243 e. The van der Waals surface area contributed by atoms with Crippen LogP contribution in [0.5, 0.6) is 5.75 Å². The van der Waals surface area contributed by atoms with Gasteiger partial charge in [0.1, 0.15) is 5.75 Å². The van der Waals surface area contributed by atoms with E-state index in [2.05, 4.69) is 0 Å². The highest BCUT2D eigenvalue weighted by Crippen LogP contribution is 2.20. The highest BCUT2D eigenvalue weighted by atomic mass is 32.2. The molecule has 19 heavy (non-hydrogen) atoms. The summed E-state index contributed by atoms with van der Waals surface area (Å²) in [5.41, 5.74) is 0. The van der Waals surface area contributed by atoms with Gasteiger partial charge in [0.2, 0.25) is 10.0 Å². The fourth-order valence-electron chi connectivity index (χ4n) is 1.80. The van der Waals surface area contributed by atoms with Gasteiger partial charge in [0.15, 0.2) is 0 Å². The summed E-state index contributed by atoms with van der Waals surface area (Å²) in [4.78, 5) is 2.16. The van der Waals surface area contributed by atoms with Gasteiger partial charge in [-0.3, -0.25) is 0 Å². The average Bonchev–Trinajstić information content (AvgIpc) is 2.34. The second kappa shape index (κ2) is 6.88. The zero-order chi connectivity index (χ0) is 14.5. The van der Waals surface area contributed by atoms with Crippen molar-refractivity contribution in [3.05, 3.63) is 24.3 Å². The first kappa shape index (κ1) is 15.9. The Kier molecular flexibility index (Phi) is 5.78. The third-order valence-electron chi connectivity index (χ3n) is 2.82. The number of aromatic hydroxyl groups is 1. The van der Waals surface area contributed by atoms with Gasteiger partial charge in [-0.05, 0) is 45.3 Å². The number of sulfonamides is 1. The molecule has 6 heteroatoms. The lowest BCUT2D eigenvalue weighted by atomic mass is 10.3. The lowest BCUT2D eigenvalue weighted by Crippen LogP contribution is -2.33. The average molecular weight is 286 g/mol. The first-order valence-corrected chi connectivity index (χ1v) is 7.76. The molecule has 0 unspecified atom stereocenters. The van der Waals surface area contributed by atoms with E-state index in [0.717, 1.165) is 13.0 Å². The Morgan fingerprint density at radius 2 is 1.89 bits per heavy atom. The predicted octanol–water partition coefficient (Wildman–Crippen LogP) is 1.35. The first-order chi connectivity index (χ1) is 8.87. The number of hydrogen-bond acceptors (Lipinski definition) is 4. The van der Waals surface area contributed by atoms with Crippen molar-refractivity contribution in [3.63, 3.8) is 0 Å². The molecule has 0 fully saturated rings. The van der Waals surface area contributed by atoms with Crippen LogP contribution in [-0.2, 0) is 10.0 Å². The van der Waals surface area contributed by atoms with Crippen LogP contribution >= 0.6 is 0 Å². The summed E-state index contributed by atoms with van der Waals surface area (Å²) < 4.78 is 26.2. The highest BCUT2D eigenvalue weighted by molar-refractivity contribution is 7.89. The zero-order valence-electron chi connectivity index (χ0n) is 11.7. The number of phenols is 1. The quantitative estimate of drug-likeness (QED) is 0.822. The molecule has 0 radical (unpaired) electrons. The number of benzene rings is 1. The van der Waals surface area contributed by atoms with Gasteiger partial charge < -0.3 is 10.0 Å². The minimum atomic E-state index is -3.52. The molecule has 0 saturated heterocycles. The van der Waals surface area contributed by atoms with Gasteiger partial charge in [0, 0.05) is 13.1 Å². The summed E-state index contributed by atoms with van der Waals surface area (Å²) in [6.45, 7) is 3.56. The standard InChI is InChI=1S/C13H22N2O3S/c1-4-15(10-6-9-14(2)3)19(17,18)13-8-5-7-12(16)11-13/h5,7-8,11,16H,4,6,9-10H2,1-3H3. The van der Waals surface area contributed by atoms with Crippen molar-refractivity contribution in [1.29, 1.82) is 0 Å². The van der Waals surface area contributed by atoms with E-state index in [1.54, 1.807) is 0 Å². The van der Waals surface area contributed by atoms with Gasteiger partial charge in [0.05, 0.1) is 4.90 Å². The fraction of sp³-hybridized carbons (Fsp3) is 0.538. The lowest BCUT2D eigenvalue weighted by Gasteiger charge is -2.21. The van der Waals surface area contributed by atoms with E-state index in [-0.39, 0.29) is 10.6 Å². The molecule has 1 N–H and O–H groups in total. The van der Waals surface area contributed by atoms with E-state index in [4.69, 9.17) is 0 Å². The van der Waals surface area contributed by atoms with Crippen molar-refractivity contribution < 1.29 is 13.5 Å². The van der Waals surface area contributed by atoms with Crippen LogP contribution in [-0.4, -0.2) is 56.5 Å². The van der Waals surface area contributed by atoms with E-state index < -0.39 is 10.0 Å². The summed E-state index contributed by atoms with van der Waals surface area (Å²) in [7, 11) is 0.400. The number of hydrogen-bond donors (Lipinski definition) is 1. The van der Waals surface area contributed by atoms with E-state index in [1.807, 2.05) is 25.9 Å². The molecule has 0 amide bonds. The van der Waals surface area contributed by atoms with E-state index in [9.17, 15) is 13.5 Å². The molecule has 0 aliphatic rings. The van der Waals surface area contributed by atoms with Crippen LogP contribution in [0.3, 0.4) is 0 Å². The monoisotopic (exact) mass is 286 g/mol. The maximum absolute atomic E-state index is 12.4. The van der Waals surface area contributed by atoms with Crippen molar-refractivity contribution in [1.82, 2.24) is 9.21 Å². The SMILES string of the molecule is CCN(CCCN(C)C)S(=O)(=O)c1cccc(O)c1. The van der Waals surface area contributed by atoms with Gasteiger partial charge in [-0.15, -0.1) is 0 Å². The summed E-state index contributed by atoms with van der Waals surface area (Å²) in [6.07, 6.45) is 0.777. The minimum Gasteiger partial charge on any atom is -0.508 e. The Hall–Kier alpha value is -1.11. The van der Waals surface area contributed by atoms with Crippen LogP contribution in [0.1, 0.15) is 13.3 Å². The van der Waals surface area contributed by atoms with Gasteiger partial charge in [-0.2, -0.15) is 4.31 Å². The van der Waals surface area contributed by atoms with Gasteiger partial charge in [-0.25, -0.2) is 8.42 Å². The Bertz CT molecular complexity index is 500. The summed E-state index contributed by atoms with van der Waals surface area (Å²) >= 11 is 0. The molecule has 1 aromatic carbocycles. The molecular formula is C13H22N2O3S. The molecule has 1 aromatic rings. The topological polar surface area (TPSA) is 60.9 Å². The molecular weight excluding hydrogens is 264 g/mol. The van der Waals surface area contributed by atoms with Crippen LogP contribution in [0.15, 0.2) is 29.2 Å². The van der Waals surface area contributed by atoms with Crippen molar-refractivity contribution in [3.8, 4) is 5.75 Å². The number of rotatable bonds is 7. The molecule has 0 saturated carbocycles. The molecule has 0 bridgehead atoms. The van der Waals surface area contributed by atoms with Gasteiger partial charge >= 0.3 is 0 Å². The second-order valence-corrected chi connectivity index (χ2v) is 6.59. The third kappa shape index (κ3) is 4.49. The highest BCUT2D eigenvalue weighted by Gasteiger charge is 2.22. The molecule has 0 aliphatic carbocycles. The molecule has 108 valence electrons. The first-order valence-electron chi connectivity index (χ1n) is 6.32. The molecule has 0 aliphatic heterocycles. The molecule has 1 rings (SSSR count). The van der Waals surface area contributed by atoms with E-state index in [1.165, 1.54) is 28.6 Å². The largest absolute Gasteiger partial charge is 0.508 e.